The predicted octanol–water partition coefficient (Wildman–Crippen LogP) is 5.60. The summed E-state index contributed by atoms with van der Waals surface area (Å²) in [5, 5.41) is 9.32. The molecule has 2 heterocycles. The van der Waals surface area contributed by atoms with Gasteiger partial charge in [0.15, 0.2) is 0 Å². The molecular weight excluding hydrogens is 451 g/mol. The zero-order valence-electron chi connectivity index (χ0n) is 18.8. The highest BCUT2D eigenvalue weighted by Crippen LogP contribution is 2.27. The molecular formula is C27H26ClFN4O. The molecule has 5 rings (SSSR count). The Hall–Kier alpha value is -3.22. The lowest BCUT2D eigenvalue weighted by Gasteiger charge is -2.28. The Balaban J connectivity index is 1.33. The molecule has 0 saturated carbocycles. The molecule has 1 aliphatic heterocycles. The van der Waals surface area contributed by atoms with Gasteiger partial charge in [-0.1, -0.05) is 41.9 Å². The highest BCUT2D eigenvalue weighted by atomic mass is 35.5. The molecule has 1 N–H and O–H groups in total. The Morgan fingerprint density at radius 1 is 1.06 bits per heavy atom. The maximum atomic E-state index is 13.5. The Morgan fingerprint density at radius 3 is 2.62 bits per heavy atom. The molecule has 1 unspecified atom stereocenters. The van der Waals surface area contributed by atoms with E-state index in [0.29, 0.717) is 23.7 Å². The van der Waals surface area contributed by atoms with Gasteiger partial charge in [-0.3, -0.25) is 14.4 Å². The molecule has 1 fully saturated rings. The summed E-state index contributed by atoms with van der Waals surface area (Å²) < 4.78 is 15.4. The van der Waals surface area contributed by atoms with Crippen LogP contribution in [0.5, 0.6) is 0 Å². The topological polar surface area (TPSA) is 50.2 Å². The summed E-state index contributed by atoms with van der Waals surface area (Å²) in [6, 6.07) is 19.9. The standard InChI is InChI=1S/C27H26ClFN4O/c28-23-5-3-4-19(14-23)16-30-27(34)21-6-7-22-17-33(31-25(22)15-21)18-26(32-12-1-2-13-32)20-8-10-24(29)11-9-20/h3-11,14-15,17,26H,1-2,12-13,16,18H2,(H,30,34). The van der Waals surface area contributed by atoms with E-state index in [-0.39, 0.29) is 17.8 Å². The molecule has 174 valence electrons. The third kappa shape index (κ3) is 5.13. The second-order valence-corrected chi connectivity index (χ2v) is 9.18. The second-order valence-electron chi connectivity index (χ2n) is 8.75. The number of fused-ring (bicyclic) bond motifs is 1. The number of nitrogens with one attached hydrogen (secondary N) is 1. The third-order valence-corrected chi connectivity index (χ3v) is 6.59. The van der Waals surface area contributed by atoms with Crippen LogP contribution in [0.1, 0.15) is 40.4 Å². The zero-order chi connectivity index (χ0) is 23.5. The van der Waals surface area contributed by atoms with Gasteiger partial charge in [0, 0.05) is 28.7 Å². The van der Waals surface area contributed by atoms with Crippen LogP contribution in [0.15, 0.2) is 72.9 Å². The summed E-state index contributed by atoms with van der Waals surface area (Å²) in [6.45, 7) is 3.12. The van der Waals surface area contributed by atoms with E-state index in [0.717, 1.165) is 35.1 Å². The molecule has 7 heteroatoms. The summed E-state index contributed by atoms with van der Waals surface area (Å²) in [5.74, 6) is -0.382. The monoisotopic (exact) mass is 476 g/mol. The minimum Gasteiger partial charge on any atom is -0.348 e. The number of rotatable bonds is 7. The van der Waals surface area contributed by atoms with Gasteiger partial charge in [0.25, 0.3) is 5.91 Å². The van der Waals surface area contributed by atoms with Crippen molar-refractivity contribution < 1.29 is 9.18 Å². The fourth-order valence-corrected chi connectivity index (χ4v) is 4.79. The van der Waals surface area contributed by atoms with Crippen molar-refractivity contribution in [1.82, 2.24) is 20.0 Å². The normalized spacial score (nSPS) is 15.0. The van der Waals surface area contributed by atoms with E-state index < -0.39 is 0 Å². The van der Waals surface area contributed by atoms with Crippen LogP contribution in [-0.4, -0.2) is 33.7 Å². The summed E-state index contributed by atoms with van der Waals surface area (Å²) in [7, 11) is 0. The van der Waals surface area contributed by atoms with Crippen molar-refractivity contribution in [3.63, 3.8) is 0 Å². The maximum absolute atomic E-state index is 13.5. The minimum atomic E-state index is -0.227. The fourth-order valence-electron chi connectivity index (χ4n) is 4.58. The first-order valence-corrected chi connectivity index (χ1v) is 11.9. The van der Waals surface area contributed by atoms with Crippen molar-refractivity contribution in [2.24, 2.45) is 0 Å². The van der Waals surface area contributed by atoms with E-state index in [2.05, 4.69) is 10.2 Å². The van der Waals surface area contributed by atoms with Gasteiger partial charge in [0.2, 0.25) is 0 Å². The zero-order valence-corrected chi connectivity index (χ0v) is 19.5. The van der Waals surface area contributed by atoms with E-state index in [1.54, 1.807) is 0 Å². The SMILES string of the molecule is O=C(NCc1cccc(Cl)c1)c1ccc2cn(CC(c3ccc(F)cc3)N3CCCC3)nc2c1. The molecule has 3 aromatic carbocycles. The minimum absolute atomic E-state index is 0.123. The van der Waals surface area contributed by atoms with Gasteiger partial charge in [0.1, 0.15) is 5.82 Å². The number of amides is 1. The number of carbonyl (C=O) groups excluding carboxylic acids is 1. The lowest BCUT2D eigenvalue weighted by molar-refractivity contribution is 0.0951. The Kier molecular flexibility index (Phi) is 6.61. The molecule has 1 amide bonds. The van der Waals surface area contributed by atoms with Crippen LogP contribution in [0.3, 0.4) is 0 Å². The van der Waals surface area contributed by atoms with Crippen molar-refractivity contribution in [1.29, 1.82) is 0 Å². The van der Waals surface area contributed by atoms with E-state index in [1.807, 2.05) is 65.5 Å². The number of carbonyl (C=O) groups is 1. The largest absolute Gasteiger partial charge is 0.348 e. The van der Waals surface area contributed by atoms with Gasteiger partial charge >= 0.3 is 0 Å². The average Bonchev–Trinajstić information content (AvgIpc) is 3.51. The van der Waals surface area contributed by atoms with Crippen LogP contribution in [0.4, 0.5) is 4.39 Å². The Bertz CT molecular complexity index is 1300. The van der Waals surface area contributed by atoms with Crippen LogP contribution in [0.25, 0.3) is 10.9 Å². The molecule has 1 aromatic heterocycles. The lowest BCUT2D eigenvalue weighted by atomic mass is 10.1. The molecule has 4 aromatic rings. The van der Waals surface area contributed by atoms with Crippen LogP contribution < -0.4 is 5.32 Å². The number of hydrogen-bond acceptors (Lipinski definition) is 3. The van der Waals surface area contributed by atoms with Crippen LogP contribution >= 0.6 is 11.6 Å². The molecule has 0 spiro atoms. The van der Waals surface area contributed by atoms with Gasteiger partial charge in [-0.05, 0) is 73.5 Å². The van der Waals surface area contributed by atoms with Crippen molar-refractivity contribution in [2.75, 3.05) is 13.1 Å². The number of likely N-dealkylation sites (tertiary alicyclic amines) is 1. The van der Waals surface area contributed by atoms with Crippen molar-refractivity contribution in [3.05, 3.63) is 100 Å². The highest BCUT2D eigenvalue weighted by molar-refractivity contribution is 6.30. The molecule has 1 atom stereocenters. The Labute approximate surface area is 203 Å². The number of aromatic nitrogens is 2. The van der Waals surface area contributed by atoms with E-state index in [1.165, 1.54) is 25.0 Å². The van der Waals surface area contributed by atoms with Gasteiger partial charge in [-0.2, -0.15) is 5.10 Å². The lowest BCUT2D eigenvalue weighted by Crippen LogP contribution is -2.29. The van der Waals surface area contributed by atoms with E-state index >= 15 is 0 Å². The smallest absolute Gasteiger partial charge is 0.251 e. The quantitative estimate of drug-likeness (QED) is 0.378. The van der Waals surface area contributed by atoms with Gasteiger partial charge in [-0.25, -0.2) is 4.39 Å². The van der Waals surface area contributed by atoms with Crippen LogP contribution in [0.2, 0.25) is 5.02 Å². The van der Waals surface area contributed by atoms with E-state index in [9.17, 15) is 9.18 Å². The molecule has 34 heavy (non-hydrogen) atoms. The molecule has 0 radical (unpaired) electrons. The third-order valence-electron chi connectivity index (χ3n) is 6.36. The fraction of sp³-hybridized carbons (Fsp3) is 0.259. The first kappa shape index (κ1) is 22.6. The van der Waals surface area contributed by atoms with Gasteiger partial charge in [-0.15, -0.1) is 0 Å². The average molecular weight is 477 g/mol. The van der Waals surface area contributed by atoms with Crippen molar-refractivity contribution >= 4 is 28.4 Å². The van der Waals surface area contributed by atoms with Crippen molar-refractivity contribution in [2.45, 2.75) is 32.0 Å². The van der Waals surface area contributed by atoms with Gasteiger partial charge < -0.3 is 5.32 Å². The summed E-state index contributed by atoms with van der Waals surface area (Å²) in [5.41, 5.74) is 3.37. The van der Waals surface area contributed by atoms with Crippen LogP contribution in [-0.2, 0) is 13.1 Å². The number of nitrogens with zero attached hydrogens (tertiary/aromatic N) is 3. The first-order chi connectivity index (χ1) is 16.5. The first-order valence-electron chi connectivity index (χ1n) is 11.5. The number of benzene rings is 3. The predicted molar refractivity (Wildman–Crippen MR) is 132 cm³/mol. The number of halogens is 2. The summed E-state index contributed by atoms with van der Waals surface area (Å²) >= 11 is 6.03. The molecule has 1 aliphatic rings. The molecule has 0 aliphatic carbocycles. The molecule has 1 saturated heterocycles. The summed E-state index contributed by atoms with van der Waals surface area (Å²) in [6.07, 6.45) is 4.36. The Morgan fingerprint density at radius 2 is 1.85 bits per heavy atom. The molecule has 5 nitrogen and oxygen atoms in total. The van der Waals surface area contributed by atoms with Gasteiger partial charge in [0.05, 0.1) is 18.1 Å². The molecule has 0 bridgehead atoms. The number of hydrogen-bond donors (Lipinski definition) is 1. The van der Waals surface area contributed by atoms with E-state index in [4.69, 9.17) is 16.7 Å². The second kappa shape index (κ2) is 9.95. The van der Waals surface area contributed by atoms with Crippen molar-refractivity contribution in [3.8, 4) is 0 Å². The van der Waals surface area contributed by atoms with Crippen LogP contribution in [0, 0.1) is 5.82 Å². The highest BCUT2D eigenvalue weighted by Gasteiger charge is 2.24. The summed E-state index contributed by atoms with van der Waals surface area (Å²) in [4.78, 5) is 15.1. The maximum Gasteiger partial charge on any atom is 0.251 e.